The highest BCUT2D eigenvalue weighted by atomic mass is 32.1. The standard InChI is InChI=1S/C10H13N3S2/c1-2-7(11)3-10-13-9(5-15-10)8-4-14-6-12-8/h4-7H,2-3,11H2,1H3. The summed E-state index contributed by atoms with van der Waals surface area (Å²) in [4.78, 5) is 8.75. The van der Waals surface area contributed by atoms with Gasteiger partial charge in [-0.15, -0.1) is 22.7 Å². The number of nitrogens with zero attached hydrogens (tertiary/aromatic N) is 2. The Labute approximate surface area is 97.0 Å². The first-order valence-corrected chi connectivity index (χ1v) is 6.70. The first kappa shape index (κ1) is 10.7. The van der Waals surface area contributed by atoms with Crippen molar-refractivity contribution in [2.24, 2.45) is 5.73 Å². The fraction of sp³-hybridized carbons (Fsp3) is 0.400. The van der Waals surface area contributed by atoms with E-state index in [9.17, 15) is 0 Å². The van der Waals surface area contributed by atoms with Crippen LogP contribution in [0.25, 0.3) is 11.4 Å². The summed E-state index contributed by atoms with van der Waals surface area (Å²) < 4.78 is 0. The molecule has 0 amide bonds. The number of hydrogen-bond acceptors (Lipinski definition) is 5. The average molecular weight is 239 g/mol. The van der Waals surface area contributed by atoms with Gasteiger partial charge in [0.15, 0.2) is 0 Å². The third-order valence-corrected chi connectivity index (χ3v) is 3.67. The van der Waals surface area contributed by atoms with Crippen LogP contribution in [-0.4, -0.2) is 16.0 Å². The smallest absolute Gasteiger partial charge is 0.101 e. The van der Waals surface area contributed by atoms with Crippen molar-refractivity contribution in [2.75, 3.05) is 0 Å². The van der Waals surface area contributed by atoms with Crippen LogP contribution in [0.4, 0.5) is 0 Å². The van der Waals surface area contributed by atoms with Gasteiger partial charge in [0.1, 0.15) is 11.4 Å². The van der Waals surface area contributed by atoms with E-state index in [2.05, 4.69) is 16.9 Å². The van der Waals surface area contributed by atoms with Crippen LogP contribution in [0, 0.1) is 0 Å². The maximum absolute atomic E-state index is 5.89. The van der Waals surface area contributed by atoms with Crippen LogP contribution < -0.4 is 5.73 Å². The van der Waals surface area contributed by atoms with Gasteiger partial charge in [0.25, 0.3) is 0 Å². The lowest BCUT2D eigenvalue weighted by Crippen LogP contribution is -2.21. The van der Waals surface area contributed by atoms with Gasteiger partial charge >= 0.3 is 0 Å². The van der Waals surface area contributed by atoms with E-state index in [-0.39, 0.29) is 6.04 Å². The van der Waals surface area contributed by atoms with Crippen molar-refractivity contribution in [1.82, 2.24) is 9.97 Å². The Morgan fingerprint density at radius 1 is 1.40 bits per heavy atom. The minimum Gasteiger partial charge on any atom is -0.327 e. The zero-order valence-electron chi connectivity index (χ0n) is 8.51. The molecule has 0 aliphatic heterocycles. The average Bonchev–Trinajstić information content (AvgIpc) is 2.85. The lowest BCUT2D eigenvalue weighted by atomic mass is 10.2. The molecule has 0 bridgehead atoms. The Morgan fingerprint density at radius 2 is 2.27 bits per heavy atom. The molecule has 1 atom stereocenters. The second kappa shape index (κ2) is 4.83. The molecule has 0 aromatic carbocycles. The Hall–Kier alpha value is -0.780. The number of rotatable bonds is 4. The molecule has 5 heteroatoms. The zero-order valence-corrected chi connectivity index (χ0v) is 10.1. The van der Waals surface area contributed by atoms with Gasteiger partial charge in [-0.3, -0.25) is 0 Å². The molecule has 0 spiro atoms. The first-order chi connectivity index (χ1) is 7.29. The van der Waals surface area contributed by atoms with Crippen molar-refractivity contribution in [3.63, 3.8) is 0 Å². The predicted octanol–water partition coefficient (Wildman–Crippen LogP) is 2.55. The highest BCUT2D eigenvalue weighted by Gasteiger charge is 2.08. The summed E-state index contributed by atoms with van der Waals surface area (Å²) in [5, 5.41) is 5.16. The largest absolute Gasteiger partial charge is 0.327 e. The van der Waals surface area contributed by atoms with Gasteiger partial charge < -0.3 is 5.73 Å². The Kier molecular flexibility index (Phi) is 3.45. The van der Waals surface area contributed by atoms with Gasteiger partial charge in [-0.1, -0.05) is 6.92 Å². The van der Waals surface area contributed by atoms with Crippen LogP contribution in [0.15, 0.2) is 16.3 Å². The molecule has 2 N–H and O–H groups in total. The zero-order chi connectivity index (χ0) is 10.7. The molecule has 2 rings (SSSR count). The summed E-state index contributed by atoms with van der Waals surface area (Å²) in [5.74, 6) is 0. The molecule has 2 aromatic rings. The minimum atomic E-state index is 0.222. The van der Waals surface area contributed by atoms with E-state index < -0.39 is 0 Å². The maximum atomic E-state index is 5.89. The molecule has 0 radical (unpaired) electrons. The second-order valence-corrected chi connectivity index (χ2v) is 5.03. The normalized spacial score (nSPS) is 12.9. The quantitative estimate of drug-likeness (QED) is 0.892. The molecule has 0 saturated heterocycles. The summed E-state index contributed by atoms with van der Waals surface area (Å²) in [6.07, 6.45) is 1.86. The van der Waals surface area contributed by atoms with Gasteiger partial charge in [0.2, 0.25) is 0 Å². The van der Waals surface area contributed by atoms with Gasteiger partial charge in [-0.05, 0) is 6.42 Å². The third kappa shape index (κ3) is 2.62. The molecule has 15 heavy (non-hydrogen) atoms. The van der Waals surface area contributed by atoms with Crippen molar-refractivity contribution >= 4 is 22.7 Å². The Balaban J connectivity index is 2.11. The van der Waals surface area contributed by atoms with E-state index in [1.807, 2.05) is 16.3 Å². The lowest BCUT2D eigenvalue weighted by molar-refractivity contribution is 0.644. The van der Waals surface area contributed by atoms with Crippen LogP contribution in [0.5, 0.6) is 0 Å². The minimum absolute atomic E-state index is 0.222. The van der Waals surface area contributed by atoms with Crippen LogP contribution in [0.2, 0.25) is 0 Å². The number of hydrogen-bond donors (Lipinski definition) is 1. The van der Waals surface area contributed by atoms with E-state index in [0.29, 0.717) is 0 Å². The first-order valence-electron chi connectivity index (χ1n) is 4.88. The van der Waals surface area contributed by atoms with Crippen LogP contribution in [-0.2, 0) is 6.42 Å². The van der Waals surface area contributed by atoms with E-state index in [0.717, 1.165) is 29.2 Å². The van der Waals surface area contributed by atoms with Gasteiger partial charge in [0, 0.05) is 23.2 Å². The molecule has 3 nitrogen and oxygen atoms in total. The van der Waals surface area contributed by atoms with Gasteiger partial charge in [-0.25, -0.2) is 9.97 Å². The fourth-order valence-electron chi connectivity index (χ4n) is 1.23. The lowest BCUT2D eigenvalue weighted by Gasteiger charge is -2.04. The predicted molar refractivity (Wildman–Crippen MR) is 65.2 cm³/mol. The van der Waals surface area contributed by atoms with E-state index in [1.165, 1.54) is 0 Å². The Morgan fingerprint density at radius 3 is 2.93 bits per heavy atom. The molecule has 0 saturated carbocycles. The molecule has 2 heterocycles. The summed E-state index contributed by atoms with van der Waals surface area (Å²) in [5.41, 5.74) is 9.65. The molecule has 0 fully saturated rings. The van der Waals surface area contributed by atoms with Gasteiger partial charge in [-0.2, -0.15) is 0 Å². The van der Waals surface area contributed by atoms with Crippen molar-refractivity contribution in [1.29, 1.82) is 0 Å². The van der Waals surface area contributed by atoms with Crippen molar-refractivity contribution in [3.05, 3.63) is 21.3 Å². The molecule has 0 aliphatic carbocycles. The maximum Gasteiger partial charge on any atom is 0.101 e. The number of nitrogens with two attached hydrogens (primary N) is 1. The Bertz CT molecular complexity index is 408. The van der Waals surface area contributed by atoms with E-state index in [4.69, 9.17) is 5.73 Å². The summed E-state index contributed by atoms with van der Waals surface area (Å²) in [6.45, 7) is 2.10. The molecule has 80 valence electrons. The van der Waals surface area contributed by atoms with Crippen LogP contribution in [0.3, 0.4) is 0 Å². The monoisotopic (exact) mass is 239 g/mol. The highest BCUT2D eigenvalue weighted by molar-refractivity contribution is 7.10. The SMILES string of the molecule is CCC(N)Cc1nc(-c2cscn2)cs1. The topological polar surface area (TPSA) is 51.8 Å². The molecule has 1 unspecified atom stereocenters. The van der Waals surface area contributed by atoms with Crippen LogP contribution >= 0.6 is 22.7 Å². The van der Waals surface area contributed by atoms with Crippen molar-refractivity contribution in [2.45, 2.75) is 25.8 Å². The summed E-state index contributed by atoms with van der Waals surface area (Å²) >= 11 is 3.26. The number of aromatic nitrogens is 2. The van der Waals surface area contributed by atoms with Crippen LogP contribution in [0.1, 0.15) is 18.4 Å². The molecular formula is C10H13N3S2. The molecule has 0 aliphatic rings. The summed E-state index contributed by atoms with van der Waals surface area (Å²) in [7, 11) is 0. The number of thiazole rings is 2. The third-order valence-electron chi connectivity index (χ3n) is 2.21. The highest BCUT2D eigenvalue weighted by Crippen LogP contribution is 2.22. The van der Waals surface area contributed by atoms with Gasteiger partial charge in [0.05, 0.1) is 10.5 Å². The van der Waals surface area contributed by atoms with Crippen molar-refractivity contribution < 1.29 is 0 Å². The molecular weight excluding hydrogens is 226 g/mol. The van der Waals surface area contributed by atoms with E-state index >= 15 is 0 Å². The van der Waals surface area contributed by atoms with E-state index in [1.54, 1.807) is 22.7 Å². The van der Waals surface area contributed by atoms with Crippen molar-refractivity contribution in [3.8, 4) is 11.4 Å². The fourth-order valence-corrected chi connectivity index (χ4v) is 2.66. The second-order valence-electron chi connectivity index (χ2n) is 3.37. The summed E-state index contributed by atoms with van der Waals surface area (Å²) in [6, 6.07) is 0.222. The molecule has 2 aromatic heterocycles.